The van der Waals surface area contributed by atoms with E-state index < -0.39 is 5.91 Å². The van der Waals surface area contributed by atoms with E-state index >= 15 is 0 Å². The van der Waals surface area contributed by atoms with Crippen molar-refractivity contribution in [1.82, 2.24) is 4.98 Å². The number of hydrogen-bond acceptors (Lipinski definition) is 4. The predicted octanol–water partition coefficient (Wildman–Crippen LogP) is 6.20. The molecule has 154 valence electrons. The second kappa shape index (κ2) is 9.85. The molecule has 0 fully saturated rings. The lowest BCUT2D eigenvalue weighted by Crippen LogP contribution is -2.15. The lowest BCUT2D eigenvalue weighted by molar-refractivity contribution is -0.111. The topological polar surface area (TPSA) is 60.5 Å². The molecule has 0 atom stereocenters. The molecule has 8 heteroatoms. The highest BCUT2D eigenvalue weighted by molar-refractivity contribution is 6.62. The average Bonchev–Trinajstić information content (AvgIpc) is 2.75. The SMILES string of the molecule is COc1ccc(-c2ncccc2NC(=O)C(=C(Cl)Cl)c2ccccc2Cl)cc1OC. The van der Waals surface area contributed by atoms with E-state index in [1.165, 1.54) is 0 Å². The maximum Gasteiger partial charge on any atom is 0.258 e. The van der Waals surface area contributed by atoms with Crippen molar-refractivity contribution in [1.29, 1.82) is 0 Å². The van der Waals surface area contributed by atoms with E-state index in [4.69, 9.17) is 44.3 Å². The van der Waals surface area contributed by atoms with Crippen LogP contribution in [0.25, 0.3) is 16.8 Å². The summed E-state index contributed by atoms with van der Waals surface area (Å²) in [6.07, 6.45) is 1.63. The van der Waals surface area contributed by atoms with E-state index in [0.717, 1.165) is 5.56 Å². The Kier molecular flexibility index (Phi) is 7.21. The zero-order chi connectivity index (χ0) is 21.7. The minimum Gasteiger partial charge on any atom is -0.493 e. The van der Waals surface area contributed by atoms with Crippen molar-refractivity contribution in [3.8, 4) is 22.8 Å². The average molecular weight is 464 g/mol. The number of methoxy groups -OCH3 is 2. The van der Waals surface area contributed by atoms with Gasteiger partial charge in [-0.2, -0.15) is 0 Å². The smallest absolute Gasteiger partial charge is 0.258 e. The maximum absolute atomic E-state index is 13.0. The van der Waals surface area contributed by atoms with Gasteiger partial charge in [-0.1, -0.05) is 53.0 Å². The van der Waals surface area contributed by atoms with Gasteiger partial charge in [-0.3, -0.25) is 9.78 Å². The fraction of sp³-hybridized carbons (Fsp3) is 0.0909. The summed E-state index contributed by atoms with van der Waals surface area (Å²) in [5.74, 6) is 0.608. The number of anilines is 1. The molecule has 1 amide bonds. The van der Waals surface area contributed by atoms with Crippen molar-refractivity contribution in [2.45, 2.75) is 0 Å². The molecule has 0 saturated carbocycles. The van der Waals surface area contributed by atoms with Crippen LogP contribution in [0.2, 0.25) is 5.02 Å². The van der Waals surface area contributed by atoms with E-state index in [1.807, 2.05) is 6.07 Å². The summed E-state index contributed by atoms with van der Waals surface area (Å²) in [6, 6.07) is 15.6. The first-order valence-corrected chi connectivity index (χ1v) is 9.88. The van der Waals surface area contributed by atoms with E-state index in [0.29, 0.717) is 33.5 Å². The number of amides is 1. The first-order chi connectivity index (χ1) is 14.5. The molecule has 0 aliphatic heterocycles. The van der Waals surface area contributed by atoms with Crippen molar-refractivity contribution in [3.63, 3.8) is 0 Å². The Morgan fingerprint density at radius 3 is 2.37 bits per heavy atom. The lowest BCUT2D eigenvalue weighted by atomic mass is 10.1. The molecule has 5 nitrogen and oxygen atoms in total. The molecule has 30 heavy (non-hydrogen) atoms. The van der Waals surface area contributed by atoms with Crippen LogP contribution in [0.15, 0.2) is 65.3 Å². The number of benzene rings is 2. The fourth-order valence-electron chi connectivity index (χ4n) is 2.88. The highest BCUT2D eigenvalue weighted by Gasteiger charge is 2.20. The van der Waals surface area contributed by atoms with Gasteiger partial charge in [-0.25, -0.2) is 0 Å². The Hall–Kier alpha value is -2.73. The third kappa shape index (κ3) is 4.70. The maximum atomic E-state index is 13.0. The Morgan fingerprint density at radius 1 is 0.967 bits per heavy atom. The number of hydrogen-bond donors (Lipinski definition) is 1. The number of nitrogens with zero attached hydrogens (tertiary/aromatic N) is 1. The van der Waals surface area contributed by atoms with Crippen molar-refractivity contribution in [2.75, 3.05) is 19.5 Å². The standard InChI is InChI=1S/C22H17Cl3N2O3/c1-29-17-10-9-13(12-18(17)30-2)20-16(8-5-11-26-20)27-22(28)19(21(24)25)14-6-3-4-7-15(14)23/h3-12H,1-2H3,(H,27,28). The van der Waals surface area contributed by atoms with Crippen LogP contribution in [-0.2, 0) is 4.79 Å². The van der Waals surface area contributed by atoms with Gasteiger partial charge in [0.25, 0.3) is 5.91 Å². The number of carbonyl (C=O) groups is 1. The molecule has 0 saturated heterocycles. The van der Waals surface area contributed by atoms with Gasteiger partial charge >= 0.3 is 0 Å². The van der Waals surface area contributed by atoms with Crippen molar-refractivity contribution < 1.29 is 14.3 Å². The van der Waals surface area contributed by atoms with Crippen LogP contribution in [0.3, 0.4) is 0 Å². The molecule has 1 heterocycles. The predicted molar refractivity (Wildman–Crippen MR) is 121 cm³/mol. The normalized spacial score (nSPS) is 10.3. The van der Waals surface area contributed by atoms with Crippen LogP contribution in [0.5, 0.6) is 11.5 Å². The third-order valence-electron chi connectivity index (χ3n) is 4.27. The number of nitrogens with one attached hydrogen (secondary N) is 1. The first-order valence-electron chi connectivity index (χ1n) is 8.75. The minimum atomic E-state index is -0.516. The summed E-state index contributed by atoms with van der Waals surface area (Å²) < 4.78 is 10.4. The molecule has 1 N–H and O–H groups in total. The van der Waals surface area contributed by atoms with Crippen molar-refractivity contribution >= 4 is 52.0 Å². The Morgan fingerprint density at radius 2 is 1.70 bits per heavy atom. The van der Waals surface area contributed by atoms with Crippen LogP contribution in [0.4, 0.5) is 5.69 Å². The summed E-state index contributed by atoms with van der Waals surface area (Å²) in [6.45, 7) is 0. The van der Waals surface area contributed by atoms with Gasteiger partial charge in [0.2, 0.25) is 0 Å². The summed E-state index contributed by atoms with van der Waals surface area (Å²) in [7, 11) is 3.11. The van der Waals surface area contributed by atoms with Crippen molar-refractivity contribution in [3.05, 3.63) is 75.9 Å². The Labute approximate surface area is 189 Å². The van der Waals surface area contributed by atoms with E-state index in [2.05, 4.69) is 10.3 Å². The van der Waals surface area contributed by atoms with Crippen LogP contribution < -0.4 is 14.8 Å². The van der Waals surface area contributed by atoms with E-state index in [9.17, 15) is 4.79 Å². The molecule has 0 bridgehead atoms. The van der Waals surface area contributed by atoms with Gasteiger partial charge in [-0.05, 0) is 36.4 Å². The molecular weight excluding hydrogens is 447 g/mol. The van der Waals surface area contributed by atoms with Gasteiger partial charge in [0, 0.05) is 22.3 Å². The molecule has 3 rings (SSSR count). The summed E-state index contributed by atoms with van der Waals surface area (Å²) >= 11 is 18.3. The second-order valence-electron chi connectivity index (χ2n) is 6.04. The van der Waals surface area contributed by atoms with E-state index in [1.54, 1.807) is 68.9 Å². The van der Waals surface area contributed by atoms with Gasteiger partial charge in [-0.15, -0.1) is 0 Å². The zero-order valence-electron chi connectivity index (χ0n) is 16.1. The van der Waals surface area contributed by atoms with Gasteiger partial charge in [0.1, 0.15) is 4.49 Å². The number of halogens is 3. The van der Waals surface area contributed by atoms with Crippen LogP contribution >= 0.6 is 34.8 Å². The molecule has 0 aliphatic rings. The number of ether oxygens (including phenoxy) is 2. The Bertz CT molecular complexity index is 1110. The number of carbonyl (C=O) groups excluding carboxylic acids is 1. The van der Waals surface area contributed by atoms with Crippen LogP contribution in [-0.4, -0.2) is 25.1 Å². The molecule has 0 spiro atoms. The molecule has 3 aromatic rings. The lowest BCUT2D eigenvalue weighted by Gasteiger charge is -2.14. The summed E-state index contributed by atoms with van der Waals surface area (Å²) in [4.78, 5) is 17.5. The zero-order valence-corrected chi connectivity index (χ0v) is 18.3. The fourth-order valence-corrected chi connectivity index (χ4v) is 3.48. The second-order valence-corrected chi connectivity index (χ2v) is 7.40. The highest BCUT2D eigenvalue weighted by atomic mass is 35.5. The minimum absolute atomic E-state index is 0.0612. The summed E-state index contributed by atoms with van der Waals surface area (Å²) in [5, 5.41) is 3.18. The molecule has 0 radical (unpaired) electrons. The number of rotatable bonds is 6. The van der Waals surface area contributed by atoms with Crippen molar-refractivity contribution in [2.24, 2.45) is 0 Å². The third-order valence-corrected chi connectivity index (χ3v) is 4.98. The highest BCUT2D eigenvalue weighted by Crippen LogP contribution is 2.35. The first kappa shape index (κ1) is 22.0. The quantitative estimate of drug-likeness (QED) is 0.442. The number of aromatic nitrogens is 1. The molecule has 2 aromatic carbocycles. The van der Waals surface area contributed by atoms with Gasteiger partial charge in [0.05, 0.1) is 31.2 Å². The molecular formula is C22H17Cl3N2O3. The van der Waals surface area contributed by atoms with Gasteiger partial charge < -0.3 is 14.8 Å². The molecule has 0 aliphatic carbocycles. The van der Waals surface area contributed by atoms with E-state index in [-0.39, 0.29) is 10.1 Å². The van der Waals surface area contributed by atoms with Crippen LogP contribution in [0, 0.1) is 0 Å². The molecule has 0 unspecified atom stereocenters. The van der Waals surface area contributed by atoms with Gasteiger partial charge in [0.15, 0.2) is 11.5 Å². The largest absolute Gasteiger partial charge is 0.493 e. The monoisotopic (exact) mass is 462 g/mol. The molecule has 1 aromatic heterocycles. The number of pyridine rings is 1. The van der Waals surface area contributed by atoms with Crippen LogP contribution in [0.1, 0.15) is 5.56 Å². The Balaban J connectivity index is 2.00. The summed E-state index contributed by atoms with van der Waals surface area (Å²) in [5.41, 5.74) is 2.22.